The SMILES string of the molecule is CC[C@H](N)c1cnc(N2CCCC2)cc1C. The Labute approximate surface area is 97.7 Å². The number of anilines is 1. The molecule has 88 valence electrons. The highest BCUT2D eigenvalue weighted by Gasteiger charge is 2.15. The fourth-order valence-electron chi connectivity index (χ4n) is 2.28. The third kappa shape index (κ3) is 2.19. The first-order chi connectivity index (χ1) is 7.72. The summed E-state index contributed by atoms with van der Waals surface area (Å²) in [6.45, 7) is 6.53. The number of nitrogens with two attached hydrogens (primary N) is 1. The van der Waals surface area contributed by atoms with Gasteiger partial charge in [0.15, 0.2) is 0 Å². The summed E-state index contributed by atoms with van der Waals surface area (Å²) >= 11 is 0. The Morgan fingerprint density at radius 1 is 1.44 bits per heavy atom. The van der Waals surface area contributed by atoms with Crippen molar-refractivity contribution in [1.82, 2.24) is 4.98 Å². The fourth-order valence-corrected chi connectivity index (χ4v) is 2.28. The summed E-state index contributed by atoms with van der Waals surface area (Å²) in [5.74, 6) is 1.11. The summed E-state index contributed by atoms with van der Waals surface area (Å²) in [6, 6.07) is 2.30. The van der Waals surface area contributed by atoms with Crippen molar-refractivity contribution in [2.75, 3.05) is 18.0 Å². The van der Waals surface area contributed by atoms with E-state index in [1.54, 1.807) is 0 Å². The maximum absolute atomic E-state index is 6.05. The second-order valence-electron chi connectivity index (χ2n) is 4.61. The van der Waals surface area contributed by atoms with Crippen LogP contribution in [0.4, 0.5) is 5.82 Å². The number of aryl methyl sites for hydroxylation is 1. The Hall–Kier alpha value is -1.09. The summed E-state index contributed by atoms with van der Waals surface area (Å²) in [5, 5.41) is 0. The summed E-state index contributed by atoms with van der Waals surface area (Å²) < 4.78 is 0. The average molecular weight is 219 g/mol. The molecule has 2 rings (SSSR count). The maximum atomic E-state index is 6.05. The van der Waals surface area contributed by atoms with Gasteiger partial charge in [0.1, 0.15) is 5.82 Å². The van der Waals surface area contributed by atoms with Gasteiger partial charge in [0.2, 0.25) is 0 Å². The van der Waals surface area contributed by atoms with E-state index in [0.717, 1.165) is 25.3 Å². The van der Waals surface area contributed by atoms with Crippen molar-refractivity contribution >= 4 is 5.82 Å². The molecule has 0 aromatic carbocycles. The second kappa shape index (κ2) is 4.83. The summed E-state index contributed by atoms with van der Waals surface area (Å²) in [4.78, 5) is 6.89. The third-order valence-corrected chi connectivity index (χ3v) is 3.41. The van der Waals surface area contributed by atoms with E-state index in [2.05, 4.69) is 29.8 Å². The van der Waals surface area contributed by atoms with Gasteiger partial charge in [0.25, 0.3) is 0 Å². The molecule has 0 bridgehead atoms. The van der Waals surface area contributed by atoms with Crippen molar-refractivity contribution in [3.63, 3.8) is 0 Å². The van der Waals surface area contributed by atoms with E-state index in [9.17, 15) is 0 Å². The van der Waals surface area contributed by atoms with Crippen molar-refractivity contribution in [3.05, 3.63) is 23.4 Å². The molecule has 2 N–H and O–H groups in total. The lowest BCUT2D eigenvalue weighted by atomic mass is 10.0. The molecule has 0 spiro atoms. The highest BCUT2D eigenvalue weighted by molar-refractivity contribution is 5.44. The zero-order chi connectivity index (χ0) is 11.5. The molecule has 16 heavy (non-hydrogen) atoms. The molecular weight excluding hydrogens is 198 g/mol. The van der Waals surface area contributed by atoms with Crippen LogP contribution in [0.1, 0.15) is 43.4 Å². The van der Waals surface area contributed by atoms with Crippen LogP contribution in [-0.2, 0) is 0 Å². The van der Waals surface area contributed by atoms with Gasteiger partial charge in [0, 0.05) is 25.3 Å². The van der Waals surface area contributed by atoms with Crippen molar-refractivity contribution in [2.45, 2.75) is 39.2 Å². The van der Waals surface area contributed by atoms with E-state index in [1.165, 1.54) is 24.0 Å². The minimum absolute atomic E-state index is 0.125. The zero-order valence-corrected chi connectivity index (χ0v) is 10.2. The summed E-state index contributed by atoms with van der Waals surface area (Å²) in [6.07, 6.45) is 5.50. The molecule has 3 heteroatoms. The first-order valence-corrected chi connectivity index (χ1v) is 6.19. The topological polar surface area (TPSA) is 42.1 Å². The summed E-state index contributed by atoms with van der Waals surface area (Å²) in [7, 11) is 0. The molecule has 0 unspecified atom stereocenters. The van der Waals surface area contributed by atoms with Gasteiger partial charge in [-0.25, -0.2) is 4.98 Å². The first-order valence-electron chi connectivity index (χ1n) is 6.19. The van der Waals surface area contributed by atoms with Gasteiger partial charge >= 0.3 is 0 Å². The van der Waals surface area contributed by atoms with E-state index in [1.807, 2.05) is 6.20 Å². The first kappa shape index (κ1) is 11.4. The van der Waals surface area contributed by atoms with Gasteiger partial charge in [-0.15, -0.1) is 0 Å². The lowest BCUT2D eigenvalue weighted by Crippen LogP contribution is -2.20. The number of pyridine rings is 1. The van der Waals surface area contributed by atoms with Crippen LogP contribution in [0.2, 0.25) is 0 Å². The predicted molar refractivity (Wildman–Crippen MR) is 67.6 cm³/mol. The molecule has 1 aliphatic rings. The molecule has 2 heterocycles. The van der Waals surface area contributed by atoms with Crippen molar-refractivity contribution in [1.29, 1.82) is 0 Å². The molecule has 1 saturated heterocycles. The molecule has 0 aliphatic carbocycles. The largest absolute Gasteiger partial charge is 0.357 e. The predicted octanol–water partition coefficient (Wildman–Crippen LogP) is 2.40. The number of hydrogen-bond donors (Lipinski definition) is 1. The van der Waals surface area contributed by atoms with Gasteiger partial charge in [0.05, 0.1) is 0 Å². The molecule has 1 atom stereocenters. The Morgan fingerprint density at radius 2 is 2.12 bits per heavy atom. The van der Waals surface area contributed by atoms with Crippen LogP contribution in [0.25, 0.3) is 0 Å². The quantitative estimate of drug-likeness (QED) is 0.848. The van der Waals surface area contributed by atoms with Crippen molar-refractivity contribution in [3.8, 4) is 0 Å². The van der Waals surface area contributed by atoms with E-state index in [4.69, 9.17) is 5.73 Å². The van der Waals surface area contributed by atoms with Gasteiger partial charge in [-0.3, -0.25) is 0 Å². The van der Waals surface area contributed by atoms with Crippen molar-refractivity contribution in [2.24, 2.45) is 5.73 Å². The molecule has 0 radical (unpaired) electrons. The fraction of sp³-hybridized carbons (Fsp3) is 0.615. The van der Waals surface area contributed by atoms with Crippen LogP contribution in [0.15, 0.2) is 12.3 Å². The molecule has 1 fully saturated rings. The molecule has 0 amide bonds. The lowest BCUT2D eigenvalue weighted by molar-refractivity contribution is 0.689. The standard InChI is InChI=1S/C13H21N3/c1-3-12(14)11-9-15-13(8-10(11)2)16-6-4-5-7-16/h8-9,12H,3-7,14H2,1-2H3/t12-/m0/s1. The lowest BCUT2D eigenvalue weighted by Gasteiger charge is -2.19. The van der Waals surface area contributed by atoms with E-state index in [-0.39, 0.29) is 6.04 Å². The number of hydrogen-bond acceptors (Lipinski definition) is 3. The van der Waals surface area contributed by atoms with E-state index >= 15 is 0 Å². The van der Waals surface area contributed by atoms with Crippen molar-refractivity contribution < 1.29 is 0 Å². The number of aromatic nitrogens is 1. The highest BCUT2D eigenvalue weighted by Crippen LogP contribution is 2.23. The molecule has 0 saturated carbocycles. The Balaban J connectivity index is 2.21. The van der Waals surface area contributed by atoms with E-state index in [0.29, 0.717) is 0 Å². The molecule has 3 nitrogen and oxygen atoms in total. The number of nitrogens with zero attached hydrogens (tertiary/aromatic N) is 2. The van der Waals surface area contributed by atoms with Gasteiger partial charge in [-0.05, 0) is 43.4 Å². The van der Waals surface area contributed by atoms with Crippen LogP contribution in [0.3, 0.4) is 0 Å². The normalized spacial score (nSPS) is 17.8. The van der Waals surface area contributed by atoms with Crippen LogP contribution in [0, 0.1) is 6.92 Å². The molecule has 1 aromatic heterocycles. The monoisotopic (exact) mass is 219 g/mol. The van der Waals surface area contributed by atoms with Gasteiger partial charge in [-0.1, -0.05) is 6.92 Å². The third-order valence-electron chi connectivity index (χ3n) is 3.41. The smallest absolute Gasteiger partial charge is 0.128 e. The van der Waals surface area contributed by atoms with Crippen LogP contribution in [-0.4, -0.2) is 18.1 Å². The minimum Gasteiger partial charge on any atom is -0.357 e. The Kier molecular flexibility index (Phi) is 3.44. The maximum Gasteiger partial charge on any atom is 0.128 e. The van der Waals surface area contributed by atoms with Gasteiger partial charge < -0.3 is 10.6 Å². The molecule has 1 aromatic rings. The Bertz CT molecular complexity index is 356. The van der Waals surface area contributed by atoms with E-state index < -0.39 is 0 Å². The zero-order valence-electron chi connectivity index (χ0n) is 10.2. The van der Waals surface area contributed by atoms with Gasteiger partial charge in [-0.2, -0.15) is 0 Å². The summed E-state index contributed by atoms with van der Waals surface area (Å²) in [5.41, 5.74) is 8.50. The average Bonchev–Trinajstić information content (AvgIpc) is 2.81. The number of rotatable bonds is 3. The van der Waals surface area contributed by atoms with Crippen LogP contribution in [0.5, 0.6) is 0 Å². The molecular formula is C13H21N3. The van der Waals surface area contributed by atoms with Crippen LogP contribution < -0.4 is 10.6 Å². The minimum atomic E-state index is 0.125. The highest BCUT2D eigenvalue weighted by atomic mass is 15.2. The Morgan fingerprint density at radius 3 is 2.69 bits per heavy atom. The van der Waals surface area contributed by atoms with Crippen LogP contribution >= 0.6 is 0 Å². The second-order valence-corrected chi connectivity index (χ2v) is 4.61. The molecule has 1 aliphatic heterocycles.